The average Bonchev–Trinajstić information content (AvgIpc) is 2.38. The molecular formula is C10H19N3O6S. The van der Waals surface area contributed by atoms with Crippen molar-refractivity contribution in [3.05, 3.63) is 0 Å². The number of urea groups is 1. The Morgan fingerprint density at radius 1 is 1.45 bits per heavy atom. The van der Waals surface area contributed by atoms with Crippen molar-refractivity contribution in [3.63, 3.8) is 0 Å². The first-order valence-corrected chi connectivity index (χ1v) is 7.76. The summed E-state index contributed by atoms with van der Waals surface area (Å²) in [7, 11) is -2.09. The number of amides is 2. The highest BCUT2D eigenvalue weighted by Gasteiger charge is 2.29. The minimum Gasteiger partial charge on any atom is -0.481 e. The zero-order valence-corrected chi connectivity index (χ0v) is 12.0. The van der Waals surface area contributed by atoms with Gasteiger partial charge in [-0.2, -0.15) is 0 Å². The SMILES string of the molecule is CNS(=O)(=O)CCNC(=O)N1CCOCC1CC(=O)O. The highest BCUT2D eigenvalue weighted by atomic mass is 32.2. The van der Waals surface area contributed by atoms with Crippen LogP contribution in [0.1, 0.15) is 6.42 Å². The van der Waals surface area contributed by atoms with Crippen LogP contribution in [0.4, 0.5) is 4.79 Å². The van der Waals surface area contributed by atoms with Crippen molar-refractivity contribution in [2.24, 2.45) is 0 Å². The molecule has 1 unspecified atom stereocenters. The first kappa shape index (κ1) is 16.7. The molecule has 0 aromatic rings. The molecule has 0 aromatic heterocycles. The van der Waals surface area contributed by atoms with Crippen molar-refractivity contribution in [1.82, 2.24) is 14.9 Å². The number of morpholine rings is 1. The Hall–Kier alpha value is -1.39. The fourth-order valence-corrected chi connectivity index (χ4v) is 2.36. The van der Waals surface area contributed by atoms with Crippen LogP contribution in [0.25, 0.3) is 0 Å². The Labute approximate surface area is 117 Å². The largest absolute Gasteiger partial charge is 0.481 e. The van der Waals surface area contributed by atoms with E-state index in [0.717, 1.165) is 0 Å². The molecule has 10 heteroatoms. The predicted octanol–water partition coefficient (Wildman–Crippen LogP) is -1.58. The van der Waals surface area contributed by atoms with Crippen molar-refractivity contribution >= 4 is 22.0 Å². The lowest BCUT2D eigenvalue weighted by atomic mass is 10.1. The fraction of sp³-hybridized carbons (Fsp3) is 0.800. The van der Waals surface area contributed by atoms with Crippen LogP contribution in [0.3, 0.4) is 0 Å². The van der Waals surface area contributed by atoms with Gasteiger partial charge in [0.15, 0.2) is 0 Å². The third-order valence-electron chi connectivity index (χ3n) is 2.86. The molecule has 0 saturated carbocycles. The number of hydrogen-bond acceptors (Lipinski definition) is 5. The van der Waals surface area contributed by atoms with E-state index in [9.17, 15) is 18.0 Å². The molecule has 0 radical (unpaired) electrons. The molecule has 9 nitrogen and oxygen atoms in total. The Kier molecular flexibility index (Phi) is 6.17. The number of rotatable bonds is 6. The number of carbonyl (C=O) groups is 2. The van der Waals surface area contributed by atoms with Gasteiger partial charge in [-0.15, -0.1) is 0 Å². The summed E-state index contributed by atoms with van der Waals surface area (Å²) in [5.74, 6) is -1.25. The summed E-state index contributed by atoms with van der Waals surface area (Å²) in [6, 6.07) is -1.02. The summed E-state index contributed by atoms with van der Waals surface area (Å²) >= 11 is 0. The highest BCUT2D eigenvalue weighted by molar-refractivity contribution is 7.89. The topological polar surface area (TPSA) is 125 Å². The molecule has 1 heterocycles. The highest BCUT2D eigenvalue weighted by Crippen LogP contribution is 2.10. The molecule has 1 aliphatic heterocycles. The fourth-order valence-electron chi connectivity index (χ4n) is 1.79. The van der Waals surface area contributed by atoms with Crippen molar-refractivity contribution in [1.29, 1.82) is 0 Å². The molecule has 3 N–H and O–H groups in total. The lowest BCUT2D eigenvalue weighted by Gasteiger charge is -2.34. The lowest BCUT2D eigenvalue weighted by Crippen LogP contribution is -2.53. The van der Waals surface area contributed by atoms with Gasteiger partial charge in [-0.25, -0.2) is 17.9 Å². The molecule has 0 aliphatic carbocycles. The molecule has 20 heavy (non-hydrogen) atoms. The Bertz CT molecular complexity index is 452. The molecular weight excluding hydrogens is 290 g/mol. The minimum absolute atomic E-state index is 0.0425. The van der Waals surface area contributed by atoms with Gasteiger partial charge in [0.25, 0.3) is 0 Å². The van der Waals surface area contributed by atoms with Crippen LogP contribution in [-0.4, -0.2) is 75.6 Å². The van der Waals surface area contributed by atoms with Gasteiger partial charge in [0.1, 0.15) is 0 Å². The number of carboxylic acids is 1. The van der Waals surface area contributed by atoms with E-state index in [1.807, 2.05) is 0 Å². The van der Waals surface area contributed by atoms with E-state index in [-0.39, 0.29) is 31.9 Å². The van der Waals surface area contributed by atoms with E-state index in [1.54, 1.807) is 0 Å². The molecule has 2 amide bonds. The second kappa shape index (κ2) is 7.41. The monoisotopic (exact) mass is 309 g/mol. The summed E-state index contributed by atoms with van der Waals surface area (Å²) in [5.41, 5.74) is 0. The molecule has 0 spiro atoms. The molecule has 1 fully saturated rings. The summed E-state index contributed by atoms with van der Waals surface area (Å²) < 4.78 is 29.7. The van der Waals surface area contributed by atoms with Gasteiger partial charge < -0.3 is 20.1 Å². The second-order valence-electron chi connectivity index (χ2n) is 4.27. The third-order valence-corrected chi connectivity index (χ3v) is 4.22. The molecule has 0 aromatic carbocycles. The molecule has 1 atom stereocenters. The van der Waals surface area contributed by atoms with Gasteiger partial charge >= 0.3 is 12.0 Å². The first-order valence-electron chi connectivity index (χ1n) is 6.11. The van der Waals surface area contributed by atoms with Crippen LogP contribution in [0, 0.1) is 0 Å². The van der Waals surface area contributed by atoms with E-state index in [0.29, 0.717) is 6.61 Å². The Balaban J connectivity index is 2.49. The molecule has 1 aliphatic rings. The van der Waals surface area contributed by atoms with Crippen molar-refractivity contribution in [3.8, 4) is 0 Å². The number of carboxylic acid groups (broad SMARTS) is 1. The third kappa shape index (κ3) is 5.31. The second-order valence-corrected chi connectivity index (χ2v) is 6.32. The first-order chi connectivity index (χ1) is 9.35. The molecule has 0 bridgehead atoms. The van der Waals surface area contributed by atoms with Crippen LogP contribution >= 0.6 is 0 Å². The number of hydrogen-bond donors (Lipinski definition) is 3. The maximum absolute atomic E-state index is 11.9. The predicted molar refractivity (Wildman–Crippen MR) is 69.8 cm³/mol. The normalized spacial score (nSPS) is 19.6. The van der Waals surface area contributed by atoms with Gasteiger partial charge in [-0.05, 0) is 7.05 Å². The standard InChI is InChI=1S/C10H19N3O6S/c1-11-20(17,18)5-2-12-10(16)13-3-4-19-7-8(13)6-9(14)15/h8,11H,2-7H2,1H3,(H,12,16)(H,14,15). The average molecular weight is 309 g/mol. The summed E-state index contributed by atoms with van der Waals surface area (Å²) in [5, 5.41) is 11.2. The van der Waals surface area contributed by atoms with Crippen LogP contribution < -0.4 is 10.0 Å². The minimum atomic E-state index is -3.38. The number of nitrogens with zero attached hydrogens (tertiary/aromatic N) is 1. The van der Waals surface area contributed by atoms with E-state index in [4.69, 9.17) is 9.84 Å². The smallest absolute Gasteiger partial charge is 0.317 e. The Morgan fingerprint density at radius 2 is 2.15 bits per heavy atom. The number of nitrogens with one attached hydrogen (secondary N) is 2. The quantitative estimate of drug-likeness (QED) is 0.544. The number of aliphatic carboxylic acids is 1. The summed E-state index contributed by atoms with van der Waals surface area (Å²) in [6.45, 7) is 0.731. The number of carbonyl (C=O) groups excluding carboxylic acids is 1. The Morgan fingerprint density at radius 3 is 2.75 bits per heavy atom. The van der Waals surface area contributed by atoms with Gasteiger partial charge in [0.2, 0.25) is 10.0 Å². The van der Waals surface area contributed by atoms with E-state index >= 15 is 0 Å². The molecule has 1 saturated heterocycles. The zero-order valence-electron chi connectivity index (χ0n) is 11.2. The van der Waals surface area contributed by atoms with Gasteiger partial charge in [-0.3, -0.25) is 4.79 Å². The maximum Gasteiger partial charge on any atom is 0.317 e. The molecule has 1 rings (SSSR count). The van der Waals surface area contributed by atoms with Gasteiger partial charge in [0, 0.05) is 13.1 Å². The van der Waals surface area contributed by atoms with E-state index < -0.39 is 28.1 Å². The van der Waals surface area contributed by atoms with E-state index in [2.05, 4.69) is 10.0 Å². The van der Waals surface area contributed by atoms with Crippen molar-refractivity contribution in [2.45, 2.75) is 12.5 Å². The summed E-state index contributed by atoms with van der Waals surface area (Å²) in [4.78, 5) is 24.0. The van der Waals surface area contributed by atoms with E-state index in [1.165, 1.54) is 11.9 Å². The molecule has 116 valence electrons. The van der Waals surface area contributed by atoms with Gasteiger partial charge in [-0.1, -0.05) is 0 Å². The zero-order chi connectivity index (χ0) is 15.2. The lowest BCUT2D eigenvalue weighted by molar-refractivity contribution is -0.139. The van der Waals surface area contributed by atoms with Crippen LogP contribution in [0.2, 0.25) is 0 Å². The number of sulfonamides is 1. The van der Waals surface area contributed by atoms with Crippen LogP contribution in [0.15, 0.2) is 0 Å². The van der Waals surface area contributed by atoms with Crippen LogP contribution in [0.5, 0.6) is 0 Å². The number of ether oxygens (including phenoxy) is 1. The van der Waals surface area contributed by atoms with Crippen LogP contribution in [-0.2, 0) is 19.6 Å². The van der Waals surface area contributed by atoms with Gasteiger partial charge in [0.05, 0.1) is 31.4 Å². The van der Waals surface area contributed by atoms with Crippen molar-refractivity contribution < 1.29 is 27.9 Å². The summed E-state index contributed by atoms with van der Waals surface area (Å²) in [6.07, 6.45) is -0.206. The van der Waals surface area contributed by atoms with Crippen molar-refractivity contribution in [2.75, 3.05) is 39.1 Å². The maximum atomic E-state index is 11.9.